The Morgan fingerprint density at radius 3 is 2.67 bits per heavy atom. The topological polar surface area (TPSA) is 55.6 Å². The molecule has 1 aromatic carbocycles. The molecule has 0 saturated heterocycles. The van der Waals surface area contributed by atoms with Crippen LogP contribution in [0.4, 0.5) is 0 Å². The van der Waals surface area contributed by atoms with Crippen LogP contribution >= 0.6 is 0 Å². The van der Waals surface area contributed by atoms with Gasteiger partial charge in [-0.3, -0.25) is 0 Å². The number of hydrogen-bond donors (Lipinski definition) is 1. The van der Waals surface area contributed by atoms with E-state index >= 15 is 0 Å². The SMILES string of the molecule is CCCNC(C)c1nnnn1-c1ccc(C)cc1. The van der Waals surface area contributed by atoms with Crippen molar-refractivity contribution in [3.8, 4) is 5.69 Å². The summed E-state index contributed by atoms with van der Waals surface area (Å²) in [7, 11) is 0. The lowest BCUT2D eigenvalue weighted by molar-refractivity contribution is 0.531. The molecule has 0 aliphatic rings. The van der Waals surface area contributed by atoms with Crippen molar-refractivity contribution in [1.29, 1.82) is 0 Å². The maximum Gasteiger partial charge on any atom is 0.173 e. The number of benzene rings is 1. The summed E-state index contributed by atoms with van der Waals surface area (Å²) in [4.78, 5) is 0. The quantitative estimate of drug-likeness (QED) is 0.875. The Morgan fingerprint density at radius 2 is 2.00 bits per heavy atom. The molecule has 0 aliphatic heterocycles. The third kappa shape index (κ3) is 2.73. The number of hydrogen-bond acceptors (Lipinski definition) is 4. The third-order valence-corrected chi connectivity index (χ3v) is 2.86. The van der Waals surface area contributed by atoms with Gasteiger partial charge in [0, 0.05) is 0 Å². The van der Waals surface area contributed by atoms with E-state index in [-0.39, 0.29) is 6.04 Å². The van der Waals surface area contributed by atoms with E-state index in [1.165, 1.54) is 5.56 Å². The molecule has 0 saturated carbocycles. The van der Waals surface area contributed by atoms with Crippen molar-refractivity contribution in [3.63, 3.8) is 0 Å². The zero-order chi connectivity index (χ0) is 13.0. The fourth-order valence-electron chi connectivity index (χ4n) is 1.79. The highest BCUT2D eigenvalue weighted by molar-refractivity contribution is 5.34. The van der Waals surface area contributed by atoms with E-state index in [0.29, 0.717) is 0 Å². The van der Waals surface area contributed by atoms with Gasteiger partial charge in [0.05, 0.1) is 11.7 Å². The minimum atomic E-state index is 0.140. The molecule has 2 aromatic rings. The monoisotopic (exact) mass is 245 g/mol. The highest BCUT2D eigenvalue weighted by Gasteiger charge is 2.14. The minimum Gasteiger partial charge on any atom is -0.307 e. The average Bonchev–Trinajstić information content (AvgIpc) is 2.86. The molecule has 0 amide bonds. The molecule has 1 heterocycles. The second-order valence-electron chi connectivity index (χ2n) is 4.46. The molecule has 0 bridgehead atoms. The van der Waals surface area contributed by atoms with Gasteiger partial charge in [-0.25, -0.2) is 0 Å². The molecule has 0 aliphatic carbocycles. The summed E-state index contributed by atoms with van der Waals surface area (Å²) in [6, 6.07) is 8.32. The summed E-state index contributed by atoms with van der Waals surface area (Å²) in [6.45, 7) is 7.24. The van der Waals surface area contributed by atoms with E-state index in [0.717, 1.165) is 24.5 Å². The molecule has 5 nitrogen and oxygen atoms in total. The Hall–Kier alpha value is -1.75. The molecule has 1 N–H and O–H groups in total. The molecular weight excluding hydrogens is 226 g/mol. The molecule has 5 heteroatoms. The maximum atomic E-state index is 4.11. The number of aryl methyl sites for hydroxylation is 1. The smallest absolute Gasteiger partial charge is 0.173 e. The lowest BCUT2D eigenvalue weighted by atomic mass is 10.2. The molecule has 1 aromatic heterocycles. The number of nitrogens with zero attached hydrogens (tertiary/aromatic N) is 4. The van der Waals surface area contributed by atoms with Crippen molar-refractivity contribution in [2.75, 3.05) is 6.54 Å². The van der Waals surface area contributed by atoms with E-state index in [1.54, 1.807) is 4.68 Å². The van der Waals surface area contributed by atoms with E-state index in [1.807, 2.05) is 12.1 Å². The lowest BCUT2D eigenvalue weighted by Gasteiger charge is -2.12. The van der Waals surface area contributed by atoms with Gasteiger partial charge >= 0.3 is 0 Å². The molecule has 2 rings (SSSR count). The summed E-state index contributed by atoms with van der Waals surface area (Å²) in [5.41, 5.74) is 2.22. The van der Waals surface area contributed by atoms with Gasteiger partial charge in [-0.05, 0) is 49.4 Å². The van der Waals surface area contributed by atoms with Gasteiger partial charge in [0.2, 0.25) is 0 Å². The van der Waals surface area contributed by atoms with Crippen LogP contribution in [0.5, 0.6) is 0 Å². The zero-order valence-electron chi connectivity index (χ0n) is 11.1. The highest BCUT2D eigenvalue weighted by Crippen LogP contribution is 2.14. The van der Waals surface area contributed by atoms with Crippen molar-refractivity contribution in [2.45, 2.75) is 33.2 Å². The number of rotatable bonds is 5. The maximum absolute atomic E-state index is 4.11. The Labute approximate surface area is 107 Å². The van der Waals surface area contributed by atoms with Crippen molar-refractivity contribution < 1.29 is 0 Å². The third-order valence-electron chi connectivity index (χ3n) is 2.86. The molecule has 0 spiro atoms. The van der Waals surface area contributed by atoms with Crippen LogP contribution in [-0.2, 0) is 0 Å². The highest BCUT2D eigenvalue weighted by atomic mass is 15.5. The van der Waals surface area contributed by atoms with Gasteiger partial charge < -0.3 is 5.32 Å². The fourth-order valence-corrected chi connectivity index (χ4v) is 1.79. The second kappa shape index (κ2) is 5.73. The number of aromatic nitrogens is 4. The van der Waals surface area contributed by atoms with Gasteiger partial charge in [0.15, 0.2) is 5.82 Å². The molecule has 0 fully saturated rings. The van der Waals surface area contributed by atoms with Crippen LogP contribution in [0.3, 0.4) is 0 Å². The molecule has 1 unspecified atom stereocenters. The van der Waals surface area contributed by atoms with Gasteiger partial charge in [-0.15, -0.1) is 5.10 Å². The van der Waals surface area contributed by atoms with Crippen LogP contribution in [0, 0.1) is 6.92 Å². The van der Waals surface area contributed by atoms with Crippen LogP contribution in [0.2, 0.25) is 0 Å². The lowest BCUT2D eigenvalue weighted by Crippen LogP contribution is -2.22. The van der Waals surface area contributed by atoms with Crippen molar-refractivity contribution >= 4 is 0 Å². The number of nitrogens with one attached hydrogen (secondary N) is 1. The van der Waals surface area contributed by atoms with Gasteiger partial charge in [-0.1, -0.05) is 24.6 Å². The predicted octanol–water partition coefficient (Wildman–Crippen LogP) is 2.03. The first-order chi connectivity index (χ1) is 8.72. The standard InChI is InChI=1S/C13H19N5/c1-4-9-14-11(3)13-15-16-17-18(13)12-7-5-10(2)6-8-12/h5-8,11,14H,4,9H2,1-3H3. The van der Waals surface area contributed by atoms with E-state index < -0.39 is 0 Å². The van der Waals surface area contributed by atoms with E-state index in [9.17, 15) is 0 Å². The summed E-state index contributed by atoms with van der Waals surface area (Å²) in [6.07, 6.45) is 1.09. The van der Waals surface area contributed by atoms with Crippen LogP contribution in [-0.4, -0.2) is 26.8 Å². The summed E-state index contributed by atoms with van der Waals surface area (Å²) < 4.78 is 1.78. The van der Waals surface area contributed by atoms with E-state index in [4.69, 9.17) is 0 Å². The van der Waals surface area contributed by atoms with Crippen LogP contribution in [0.25, 0.3) is 5.69 Å². The molecule has 18 heavy (non-hydrogen) atoms. The van der Waals surface area contributed by atoms with Crippen molar-refractivity contribution in [3.05, 3.63) is 35.7 Å². The molecule has 1 atom stereocenters. The van der Waals surface area contributed by atoms with E-state index in [2.05, 4.69) is 53.7 Å². The second-order valence-corrected chi connectivity index (χ2v) is 4.46. The summed E-state index contributed by atoms with van der Waals surface area (Å²) in [5.74, 6) is 0.840. The normalized spacial score (nSPS) is 12.6. The number of tetrazole rings is 1. The molecule has 96 valence electrons. The summed E-state index contributed by atoms with van der Waals surface area (Å²) in [5, 5.41) is 15.3. The molecular formula is C13H19N5. The largest absolute Gasteiger partial charge is 0.307 e. The molecule has 0 radical (unpaired) electrons. The van der Waals surface area contributed by atoms with Crippen molar-refractivity contribution in [2.24, 2.45) is 0 Å². The van der Waals surface area contributed by atoms with Crippen LogP contribution in [0.15, 0.2) is 24.3 Å². The van der Waals surface area contributed by atoms with Gasteiger partial charge in [0.1, 0.15) is 0 Å². The Bertz CT molecular complexity index is 488. The van der Waals surface area contributed by atoms with Gasteiger partial charge in [-0.2, -0.15) is 4.68 Å². The first kappa shape index (κ1) is 12.7. The average molecular weight is 245 g/mol. The van der Waals surface area contributed by atoms with Gasteiger partial charge in [0.25, 0.3) is 0 Å². The Kier molecular flexibility index (Phi) is 4.04. The predicted molar refractivity (Wildman–Crippen MR) is 70.6 cm³/mol. The summed E-state index contributed by atoms with van der Waals surface area (Å²) >= 11 is 0. The first-order valence-corrected chi connectivity index (χ1v) is 6.31. The zero-order valence-corrected chi connectivity index (χ0v) is 11.1. The Morgan fingerprint density at radius 1 is 1.28 bits per heavy atom. The van der Waals surface area contributed by atoms with Crippen LogP contribution < -0.4 is 5.32 Å². The van der Waals surface area contributed by atoms with Crippen LogP contribution in [0.1, 0.15) is 37.7 Å². The first-order valence-electron chi connectivity index (χ1n) is 6.31. The Balaban J connectivity index is 2.24. The minimum absolute atomic E-state index is 0.140. The fraction of sp³-hybridized carbons (Fsp3) is 0.462. The van der Waals surface area contributed by atoms with Crippen molar-refractivity contribution in [1.82, 2.24) is 25.5 Å².